The van der Waals surface area contributed by atoms with Gasteiger partial charge < -0.3 is 15.0 Å². The summed E-state index contributed by atoms with van der Waals surface area (Å²) >= 11 is 0. The van der Waals surface area contributed by atoms with Gasteiger partial charge in [0.1, 0.15) is 23.1 Å². The van der Waals surface area contributed by atoms with Gasteiger partial charge in [0.2, 0.25) is 0 Å². The Kier molecular flexibility index (Phi) is 6.52. The number of halogens is 4. The predicted octanol–water partition coefficient (Wildman–Crippen LogP) is 6.00. The van der Waals surface area contributed by atoms with Crippen molar-refractivity contribution < 1.29 is 27.1 Å². The van der Waals surface area contributed by atoms with Gasteiger partial charge in [-0.3, -0.25) is 0 Å². The third-order valence-electron chi connectivity index (χ3n) is 5.84. The van der Waals surface area contributed by atoms with E-state index in [4.69, 9.17) is 4.74 Å². The Morgan fingerprint density at radius 1 is 1.19 bits per heavy atom. The van der Waals surface area contributed by atoms with Gasteiger partial charge in [0.15, 0.2) is 5.65 Å². The van der Waals surface area contributed by atoms with E-state index in [-0.39, 0.29) is 17.6 Å². The molecule has 0 aliphatic carbocycles. The first kappa shape index (κ1) is 25.6. The molecule has 1 N–H and O–H groups in total. The van der Waals surface area contributed by atoms with Crippen LogP contribution in [0.3, 0.4) is 0 Å². The number of carbonyl (C=O) groups is 1. The number of aromatic nitrogens is 3. The lowest BCUT2D eigenvalue weighted by molar-refractivity contribution is -0.140. The molecule has 7 nitrogen and oxygen atoms in total. The number of likely N-dealkylation sites (tertiary alicyclic amines) is 1. The van der Waals surface area contributed by atoms with E-state index in [0.717, 1.165) is 5.56 Å². The smallest absolute Gasteiger partial charge is 0.419 e. The molecule has 1 aliphatic heterocycles. The minimum Gasteiger partial charge on any atom is -0.444 e. The van der Waals surface area contributed by atoms with Crippen molar-refractivity contribution in [3.8, 4) is 0 Å². The highest BCUT2D eigenvalue weighted by Gasteiger charge is 2.36. The van der Waals surface area contributed by atoms with Crippen LogP contribution in [0.2, 0.25) is 0 Å². The van der Waals surface area contributed by atoms with Gasteiger partial charge in [-0.15, -0.1) is 0 Å². The minimum atomic E-state index is -4.80. The second kappa shape index (κ2) is 9.18. The number of amides is 1. The summed E-state index contributed by atoms with van der Waals surface area (Å²) < 4.78 is 59.6. The number of nitrogens with zero attached hydrogens (tertiary/aromatic N) is 4. The number of ether oxygens (including phenoxy) is 1. The van der Waals surface area contributed by atoms with Crippen LogP contribution in [0.25, 0.3) is 11.0 Å². The summed E-state index contributed by atoms with van der Waals surface area (Å²) in [5.74, 6) is -0.557. The molecule has 1 atom stereocenters. The number of alkyl halides is 3. The van der Waals surface area contributed by atoms with Gasteiger partial charge in [0.05, 0.1) is 17.0 Å². The van der Waals surface area contributed by atoms with E-state index in [1.165, 1.54) is 12.1 Å². The number of hydrogen-bond donors (Lipinski definition) is 1. The maximum Gasteiger partial charge on any atom is 0.419 e. The number of carbonyl (C=O) groups excluding carboxylic acids is 1. The normalized spacial score (nSPS) is 15.5. The van der Waals surface area contributed by atoms with Crippen LogP contribution in [-0.4, -0.2) is 44.6 Å². The van der Waals surface area contributed by atoms with E-state index in [1.54, 1.807) is 45.7 Å². The highest BCUT2D eigenvalue weighted by atomic mass is 19.4. The Morgan fingerprint density at radius 3 is 2.53 bits per heavy atom. The van der Waals surface area contributed by atoms with E-state index in [9.17, 15) is 22.4 Å². The molecule has 0 bridgehead atoms. The largest absolute Gasteiger partial charge is 0.444 e. The van der Waals surface area contributed by atoms with Crippen LogP contribution in [0.4, 0.5) is 28.2 Å². The molecule has 1 fully saturated rings. The van der Waals surface area contributed by atoms with Gasteiger partial charge in [0.25, 0.3) is 0 Å². The Morgan fingerprint density at radius 2 is 1.89 bits per heavy atom. The zero-order valence-corrected chi connectivity index (χ0v) is 20.6. The number of hydrogen-bond acceptors (Lipinski definition) is 6. The molecule has 3 aromatic rings. The van der Waals surface area contributed by atoms with Crippen LogP contribution >= 0.6 is 0 Å². The maximum absolute atomic E-state index is 14.7. The molecule has 4 rings (SSSR count). The van der Waals surface area contributed by atoms with Crippen LogP contribution in [0, 0.1) is 12.7 Å². The first-order chi connectivity index (χ1) is 16.7. The highest BCUT2D eigenvalue weighted by molar-refractivity contribution is 5.87. The Bertz CT molecular complexity index is 1300. The molecular formula is C25H27F4N5O2. The summed E-state index contributed by atoms with van der Waals surface area (Å²) in [6.45, 7) is 9.56. The molecule has 192 valence electrons. The van der Waals surface area contributed by atoms with Crippen molar-refractivity contribution in [1.29, 1.82) is 0 Å². The summed E-state index contributed by atoms with van der Waals surface area (Å²) in [5.41, 5.74) is -0.784. The van der Waals surface area contributed by atoms with Crippen LogP contribution in [0.15, 0.2) is 30.5 Å². The van der Waals surface area contributed by atoms with Crippen molar-refractivity contribution in [2.45, 2.75) is 58.4 Å². The fraction of sp³-hybridized carbons (Fsp3) is 0.440. The summed E-state index contributed by atoms with van der Waals surface area (Å²) in [6.07, 6.45) is -3.50. The van der Waals surface area contributed by atoms with Gasteiger partial charge in [-0.25, -0.2) is 24.1 Å². The van der Waals surface area contributed by atoms with Crippen molar-refractivity contribution >= 4 is 22.9 Å². The fourth-order valence-electron chi connectivity index (χ4n) is 4.02. The molecule has 0 saturated carbocycles. The van der Waals surface area contributed by atoms with E-state index >= 15 is 0 Å². The molecule has 0 unspecified atom stereocenters. The van der Waals surface area contributed by atoms with Crippen molar-refractivity contribution in [2.24, 2.45) is 0 Å². The van der Waals surface area contributed by atoms with Crippen LogP contribution < -0.4 is 5.32 Å². The van der Waals surface area contributed by atoms with Gasteiger partial charge in [-0.05, 0) is 52.3 Å². The van der Waals surface area contributed by atoms with Crippen LogP contribution in [0.1, 0.15) is 62.2 Å². The summed E-state index contributed by atoms with van der Waals surface area (Å²) in [5, 5.41) is 3.58. The molecule has 1 aliphatic rings. The molecule has 1 aromatic carbocycles. The second-order valence-electron chi connectivity index (χ2n) is 9.91. The Balaban J connectivity index is 1.58. The molecular weight excluding hydrogens is 478 g/mol. The van der Waals surface area contributed by atoms with Crippen LogP contribution in [0.5, 0.6) is 0 Å². The molecule has 36 heavy (non-hydrogen) atoms. The predicted molar refractivity (Wildman–Crippen MR) is 126 cm³/mol. The molecule has 2 aromatic heterocycles. The lowest BCUT2D eigenvalue weighted by Gasteiger charge is -2.39. The topological polar surface area (TPSA) is 80.2 Å². The second-order valence-corrected chi connectivity index (χ2v) is 9.91. The van der Waals surface area contributed by atoms with E-state index < -0.39 is 29.2 Å². The summed E-state index contributed by atoms with van der Waals surface area (Å²) in [7, 11) is 0. The third-order valence-corrected chi connectivity index (χ3v) is 5.84. The van der Waals surface area contributed by atoms with Crippen molar-refractivity contribution in [2.75, 3.05) is 18.4 Å². The Labute approximate surface area is 205 Å². The van der Waals surface area contributed by atoms with Crippen molar-refractivity contribution in [3.63, 3.8) is 0 Å². The quantitative estimate of drug-likeness (QED) is 0.438. The lowest BCUT2D eigenvalue weighted by atomic mass is 9.92. The first-order valence-corrected chi connectivity index (χ1v) is 11.5. The summed E-state index contributed by atoms with van der Waals surface area (Å²) in [6, 6.07) is 4.22. The molecule has 11 heteroatoms. The minimum absolute atomic E-state index is 0.0295. The molecule has 0 spiro atoms. The standard InChI is InChI=1S/C25H27F4N5O2/c1-13(17-7-6-8-19(20(17)26)25(27,28)29)31-22-18-9-15(10-30-21(18)32-14(2)33-22)16-11-34(12-16)23(35)36-24(3,4)5/h6-10,13,16H,11-12H2,1-5H3,(H,30,31,32,33)/t13-/m1/s1. The number of anilines is 1. The average Bonchev–Trinajstić information content (AvgIpc) is 2.70. The highest BCUT2D eigenvalue weighted by Crippen LogP contribution is 2.35. The molecule has 0 radical (unpaired) electrons. The van der Waals surface area contributed by atoms with E-state index in [2.05, 4.69) is 20.3 Å². The zero-order chi connectivity index (χ0) is 26.4. The van der Waals surface area contributed by atoms with Gasteiger partial charge in [0, 0.05) is 30.8 Å². The molecule has 3 heterocycles. The summed E-state index contributed by atoms with van der Waals surface area (Å²) in [4.78, 5) is 27.0. The number of benzene rings is 1. The molecule has 1 amide bonds. The van der Waals surface area contributed by atoms with E-state index in [0.29, 0.717) is 41.8 Å². The van der Waals surface area contributed by atoms with Crippen molar-refractivity contribution in [1.82, 2.24) is 19.9 Å². The van der Waals surface area contributed by atoms with Crippen LogP contribution in [-0.2, 0) is 10.9 Å². The number of fused-ring (bicyclic) bond motifs is 1. The fourth-order valence-corrected chi connectivity index (χ4v) is 4.02. The van der Waals surface area contributed by atoms with Gasteiger partial charge >= 0.3 is 12.3 Å². The molecule has 1 saturated heterocycles. The third kappa shape index (κ3) is 5.34. The zero-order valence-electron chi connectivity index (χ0n) is 20.6. The SMILES string of the molecule is Cc1nc(N[C@H](C)c2cccc(C(F)(F)F)c2F)c2cc(C3CN(C(=O)OC(C)(C)C)C3)cnc2n1. The monoisotopic (exact) mass is 505 g/mol. The lowest BCUT2D eigenvalue weighted by Crippen LogP contribution is -2.50. The maximum atomic E-state index is 14.7. The number of pyridine rings is 1. The van der Waals surface area contributed by atoms with Gasteiger partial charge in [-0.2, -0.15) is 13.2 Å². The first-order valence-electron chi connectivity index (χ1n) is 11.5. The van der Waals surface area contributed by atoms with E-state index in [1.807, 2.05) is 6.07 Å². The van der Waals surface area contributed by atoms with Crippen molar-refractivity contribution in [3.05, 3.63) is 58.8 Å². The number of rotatable bonds is 4. The average molecular weight is 506 g/mol. The number of nitrogens with one attached hydrogen (secondary N) is 1. The van der Waals surface area contributed by atoms with Gasteiger partial charge in [-0.1, -0.05) is 12.1 Å². The Hall–Kier alpha value is -3.50. The number of aryl methyl sites for hydroxylation is 1.